The van der Waals surface area contributed by atoms with Crippen LogP contribution in [0.5, 0.6) is 0 Å². The minimum Gasteiger partial charge on any atom is -0.384 e. The lowest BCUT2D eigenvalue weighted by Gasteiger charge is -2.30. The van der Waals surface area contributed by atoms with E-state index in [9.17, 15) is 13.2 Å². The zero-order valence-electron chi connectivity index (χ0n) is 20.5. The first kappa shape index (κ1) is 25.7. The first-order chi connectivity index (χ1) is 14.3. The van der Waals surface area contributed by atoms with E-state index in [1.54, 1.807) is 13.8 Å². The lowest BCUT2D eigenvalue weighted by atomic mass is 9.86. The smallest absolute Gasteiger partial charge is 0.252 e. The summed E-state index contributed by atoms with van der Waals surface area (Å²) in [5.74, 6) is 0.507. The number of sulfonamides is 1. The second kappa shape index (κ2) is 10.3. The number of amides is 1. The molecule has 176 valence electrons. The van der Waals surface area contributed by atoms with E-state index in [1.807, 2.05) is 27.7 Å². The first-order valence-electron chi connectivity index (χ1n) is 11.5. The van der Waals surface area contributed by atoms with Crippen LogP contribution < -0.4 is 15.4 Å². The highest BCUT2D eigenvalue weighted by atomic mass is 32.2. The topological polar surface area (TPSA) is 87.3 Å². The molecule has 1 aliphatic carbocycles. The maximum absolute atomic E-state index is 12.7. The average molecular weight is 452 g/mol. The van der Waals surface area contributed by atoms with Gasteiger partial charge in [-0.1, -0.05) is 0 Å². The van der Waals surface area contributed by atoms with Gasteiger partial charge in [-0.15, -0.1) is 0 Å². The fourth-order valence-corrected chi connectivity index (χ4v) is 5.32. The minimum atomic E-state index is -3.21. The second-order valence-electron chi connectivity index (χ2n) is 9.69. The number of carbonyl (C=O) groups excluding carboxylic acids is 1. The van der Waals surface area contributed by atoms with Gasteiger partial charge in [-0.25, -0.2) is 13.1 Å². The Kier molecular flexibility index (Phi) is 8.56. The number of rotatable bonds is 8. The van der Waals surface area contributed by atoms with Gasteiger partial charge in [0.25, 0.3) is 5.91 Å². The van der Waals surface area contributed by atoms with Crippen molar-refractivity contribution < 1.29 is 13.2 Å². The van der Waals surface area contributed by atoms with Gasteiger partial charge in [-0.3, -0.25) is 4.79 Å². The molecule has 0 heterocycles. The van der Waals surface area contributed by atoms with E-state index in [2.05, 4.69) is 29.2 Å². The SMILES string of the molecule is Cc1c(C)c(C(=O)NC(C)C)c(C)c(C)c1NC[C@H]1CC[C@H](NS(=O)(=O)C(C)C)CC1. The Morgan fingerprint density at radius 3 is 1.87 bits per heavy atom. The van der Waals surface area contributed by atoms with Crippen molar-refractivity contribution in [2.24, 2.45) is 5.92 Å². The third-order valence-electron chi connectivity index (χ3n) is 6.64. The van der Waals surface area contributed by atoms with Crippen molar-refractivity contribution in [3.63, 3.8) is 0 Å². The molecule has 1 aromatic carbocycles. The number of carbonyl (C=O) groups is 1. The molecule has 2 rings (SSSR count). The van der Waals surface area contributed by atoms with Crippen LogP contribution in [0, 0.1) is 33.6 Å². The highest BCUT2D eigenvalue weighted by Crippen LogP contribution is 2.32. The van der Waals surface area contributed by atoms with Gasteiger partial charge in [0.15, 0.2) is 0 Å². The van der Waals surface area contributed by atoms with E-state index < -0.39 is 15.3 Å². The summed E-state index contributed by atoms with van der Waals surface area (Å²) in [7, 11) is -3.21. The quantitative estimate of drug-likeness (QED) is 0.548. The first-order valence-corrected chi connectivity index (χ1v) is 13.1. The lowest BCUT2D eigenvalue weighted by Crippen LogP contribution is -2.41. The second-order valence-corrected chi connectivity index (χ2v) is 12.0. The molecule has 0 spiro atoms. The van der Waals surface area contributed by atoms with Gasteiger partial charge in [0.05, 0.1) is 5.25 Å². The fraction of sp³-hybridized carbons (Fsp3) is 0.708. The van der Waals surface area contributed by atoms with Crippen LogP contribution in [0.4, 0.5) is 5.69 Å². The van der Waals surface area contributed by atoms with Crippen LogP contribution in [0.2, 0.25) is 0 Å². The molecule has 1 amide bonds. The molecule has 0 bridgehead atoms. The van der Waals surface area contributed by atoms with Crippen LogP contribution >= 0.6 is 0 Å². The monoisotopic (exact) mass is 451 g/mol. The van der Waals surface area contributed by atoms with Gasteiger partial charge in [-0.05, 0) is 109 Å². The van der Waals surface area contributed by atoms with Gasteiger partial charge in [0, 0.05) is 29.9 Å². The van der Waals surface area contributed by atoms with Crippen LogP contribution in [0.15, 0.2) is 0 Å². The summed E-state index contributed by atoms with van der Waals surface area (Å²) in [6.45, 7) is 16.4. The van der Waals surface area contributed by atoms with Crippen molar-refractivity contribution >= 4 is 21.6 Å². The summed E-state index contributed by atoms with van der Waals surface area (Å²) in [4.78, 5) is 12.7. The van der Waals surface area contributed by atoms with Gasteiger partial charge in [0.1, 0.15) is 0 Å². The van der Waals surface area contributed by atoms with Crippen molar-refractivity contribution in [3.05, 3.63) is 27.8 Å². The van der Waals surface area contributed by atoms with Gasteiger partial charge >= 0.3 is 0 Å². The van der Waals surface area contributed by atoms with Gasteiger partial charge in [-0.2, -0.15) is 0 Å². The molecule has 0 aliphatic heterocycles. The van der Waals surface area contributed by atoms with E-state index in [-0.39, 0.29) is 18.0 Å². The molecule has 3 N–H and O–H groups in total. The average Bonchev–Trinajstić information content (AvgIpc) is 2.67. The van der Waals surface area contributed by atoms with Crippen LogP contribution in [0.3, 0.4) is 0 Å². The molecule has 0 atom stereocenters. The maximum Gasteiger partial charge on any atom is 0.252 e. The summed E-state index contributed by atoms with van der Waals surface area (Å²) in [5, 5.41) is 6.27. The number of nitrogens with one attached hydrogen (secondary N) is 3. The highest BCUT2D eigenvalue weighted by molar-refractivity contribution is 7.90. The largest absolute Gasteiger partial charge is 0.384 e. The zero-order valence-corrected chi connectivity index (χ0v) is 21.3. The molecule has 0 unspecified atom stereocenters. The van der Waals surface area contributed by atoms with E-state index in [1.165, 1.54) is 0 Å². The van der Waals surface area contributed by atoms with Gasteiger partial charge in [0.2, 0.25) is 10.0 Å². The Hall–Kier alpha value is -1.60. The molecule has 0 radical (unpaired) electrons. The molecule has 1 aliphatic rings. The summed E-state index contributed by atoms with van der Waals surface area (Å²) < 4.78 is 27.1. The summed E-state index contributed by atoms with van der Waals surface area (Å²) in [6.07, 6.45) is 3.76. The normalized spacial score (nSPS) is 19.7. The standard InChI is InChI=1S/C24H41N3O3S/c1-14(2)26-24(28)22-16(5)18(7)23(19(8)17(22)6)25-13-20-9-11-21(12-10-20)27-31(29,30)15(3)4/h14-15,20-21,25,27H,9-13H2,1-8H3,(H,26,28)/t20-,21-. The Morgan fingerprint density at radius 1 is 0.903 bits per heavy atom. The van der Waals surface area contributed by atoms with Crippen LogP contribution in [-0.2, 0) is 10.0 Å². The van der Waals surface area contributed by atoms with Crippen LogP contribution in [0.25, 0.3) is 0 Å². The van der Waals surface area contributed by atoms with Crippen molar-refractivity contribution in [1.82, 2.24) is 10.0 Å². The zero-order chi connectivity index (χ0) is 23.5. The number of anilines is 1. The molecule has 6 nitrogen and oxygen atoms in total. The third kappa shape index (κ3) is 6.22. The van der Waals surface area contributed by atoms with Crippen molar-refractivity contribution in [1.29, 1.82) is 0 Å². The van der Waals surface area contributed by atoms with E-state index in [0.29, 0.717) is 5.92 Å². The van der Waals surface area contributed by atoms with Crippen LogP contribution in [0.1, 0.15) is 86.0 Å². The Balaban J connectivity index is 2.04. The van der Waals surface area contributed by atoms with E-state index >= 15 is 0 Å². The maximum atomic E-state index is 12.7. The Labute approximate surface area is 189 Å². The predicted octanol–water partition coefficient (Wildman–Crippen LogP) is 4.36. The summed E-state index contributed by atoms with van der Waals surface area (Å²) in [5.41, 5.74) is 6.20. The van der Waals surface area contributed by atoms with Crippen LogP contribution in [-0.4, -0.2) is 38.2 Å². The summed E-state index contributed by atoms with van der Waals surface area (Å²) >= 11 is 0. The molecule has 1 saturated carbocycles. The lowest BCUT2D eigenvalue weighted by molar-refractivity contribution is 0.0941. The van der Waals surface area contributed by atoms with Crippen molar-refractivity contribution in [2.75, 3.05) is 11.9 Å². The molecular formula is C24H41N3O3S. The predicted molar refractivity (Wildman–Crippen MR) is 129 cm³/mol. The number of hydrogen-bond acceptors (Lipinski definition) is 4. The molecule has 1 fully saturated rings. The fourth-order valence-electron chi connectivity index (χ4n) is 4.35. The van der Waals surface area contributed by atoms with E-state index in [4.69, 9.17) is 0 Å². The molecule has 31 heavy (non-hydrogen) atoms. The molecular weight excluding hydrogens is 410 g/mol. The summed E-state index contributed by atoms with van der Waals surface area (Å²) in [6, 6.07) is 0.153. The number of hydrogen-bond donors (Lipinski definition) is 3. The molecule has 1 aromatic rings. The minimum absolute atomic E-state index is 0.00933. The van der Waals surface area contributed by atoms with Crippen molar-refractivity contribution in [2.45, 2.75) is 98.4 Å². The molecule has 0 aromatic heterocycles. The molecule has 0 saturated heterocycles. The Morgan fingerprint density at radius 2 is 1.42 bits per heavy atom. The van der Waals surface area contributed by atoms with Crippen molar-refractivity contribution in [3.8, 4) is 0 Å². The third-order valence-corrected chi connectivity index (χ3v) is 8.54. The highest BCUT2D eigenvalue weighted by Gasteiger charge is 2.27. The molecule has 7 heteroatoms. The Bertz CT molecular complexity index is 870. The number of benzene rings is 1. The van der Waals surface area contributed by atoms with E-state index in [0.717, 1.165) is 65.7 Å². The van der Waals surface area contributed by atoms with Gasteiger partial charge < -0.3 is 10.6 Å².